The quantitative estimate of drug-likeness (QED) is 0.649. The molecule has 0 fully saturated rings. The molecular formula is C9H5ClF3NO2. The van der Waals surface area contributed by atoms with Crippen molar-refractivity contribution in [2.24, 2.45) is 0 Å². The van der Waals surface area contributed by atoms with Crippen LogP contribution in [0.1, 0.15) is 11.1 Å². The summed E-state index contributed by atoms with van der Waals surface area (Å²) in [6.45, 7) is 3.05. The van der Waals surface area contributed by atoms with E-state index in [1.807, 2.05) is 0 Å². The molecule has 16 heavy (non-hydrogen) atoms. The molecule has 0 aliphatic heterocycles. The largest absolute Gasteiger partial charge is 0.478 e. The van der Waals surface area contributed by atoms with Gasteiger partial charge in [0.2, 0.25) is 0 Å². The lowest BCUT2D eigenvalue weighted by atomic mass is 10.0. The van der Waals surface area contributed by atoms with Crippen LogP contribution >= 0.6 is 11.6 Å². The van der Waals surface area contributed by atoms with Crippen LogP contribution in [-0.2, 0) is 11.0 Å². The first kappa shape index (κ1) is 12.5. The molecule has 0 aliphatic rings. The fourth-order valence-electron chi connectivity index (χ4n) is 1.02. The molecule has 0 atom stereocenters. The molecule has 0 aromatic carbocycles. The number of hydrogen-bond acceptors (Lipinski definition) is 2. The van der Waals surface area contributed by atoms with Gasteiger partial charge in [-0.15, -0.1) is 0 Å². The van der Waals surface area contributed by atoms with Crippen molar-refractivity contribution in [2.45, 2.75) is 6.18 Å². The summed E-state index contributed by atoms with van der Waals surface area (Å²) in [5.41, 5.74) is -2.44. The molecule has 0 bridgehead atoms. The maximum absolute atomic E-state index is 12.5. The van der Waals surface area contributed by atoms with E-state index in [0.29, 0.717) is 6.07 Å². The molecule has 7 heteroatoms. The maximum atomic E-state index is 12.5. The second-order valence-corrected chi connectivity index (χ2v) is 3.22. The van der Waals surface area contributed by atoms with Gasteiger partial charge in [-0.1, -0.05) is 18.2 Å². The molecule has 0 saturated heterocycles. The minimum absolute atomic E-state index is 0.366. The minimum atomic E-state index is -4.71. The van der Waals surface area contributed by atoms with Crippen LogP contribution in [0.2, 0.25) is 5.15 Å². The second kappa shape index (κ2) is 4.13. The fourth-order valence-corrected chi connectivity index (χ4v) is 1.18. The first-order valence-electron chi connectivity index (χ1n) is 3.89. The van der Waals surface area contributed by atoms with Crippen LogP contribution in [0, 0.1) is 0 Å². The highest BCUT2D eigenvalue weighted by atomic mass is 35.5. The van der Waals surface area contributed by atoms with Crippen LogP contribution in [0.3, 0.4) is 0 Å². The molecule has 3 nitrogen and oxygen atoms in total. The van der Waals surface area contributed by atoms with Crippen molar-refractivity contribution in [3.63, 3.8) is 0 Å². The molecule has 0 aliphatic carbocycles. The zero-order chi connectivity index (χ0) is 12.5. The van der Waals surface area contributed by atoms with Crippen LogP contribution in [0.25, 0.3) is 5.57 Å². The van der Waals surface area contributed by atoms with Gasteiger partial charge in [-0.05, 0) is 6.07 Å². The standard InChI is InChI=1S/C9H5ClF3NO2/c1-4(8(15)16)5-3-14-7(10)2-6(5)9(11,12)13/h2-3H,1H2,(H,15,16). The van der Waals surface area contributed by atoms with E-state index in [4.69, 9.17) is 16.7 Å². The monoisotopic (exact) mass is 251 g/mol. The van der Waals surface area contributed by atoms with Crippen molar-refractivity contribution in [3.8, 4) is 0 Å². The van der Waals surface area contributed by atoms with Crippen LogP contribution in [0.4, 0.5) is 13.2 Å². The molecule has 1 rings (SSSR count). The number of pyridine rings is 1. The van der Waals surface area contributed by atoms with E-state index in [-0.39, 0.29) is 5.15 Å². The van der Waals surface area contributed by atoms with E-state index < -0.39 is 28.8 Å². The molecule has 0 spiro atoms. The van der Waals surface area contributed by atoms with Gasteiger partial charge in [-0.3, -0.25) is 0 Å². The number of aliphatic carboxylic acids is 1. The Labute approximate surface area is 93.2 Å². The summed E-state index contributed by atoms with van der Waals surface area (Å²) in [6.07, 6.45) is -3.97. The Kier molecular flexibility index (Phi) is 3.23. The summed E-state index contributed by atoms with van der Waals surface area (Å²) in [4.78, 5) is 13.9. The third-order valence-corrected chi connectivity index (χ3v) is 1.97. The Morgan fingerprint density at radius 2 is 2.06 bits per heavy atom. The normalized spacial score (nSPS) is 11.2. The first-order chi connectivity index (χ1) is 7.23. The van der Waals surface area contributed by atoms with E-state index in [9.17, 15) is 18.0 Å². The van der Waals surface area contributed by atoms with Gasteiger partial charge in [-0.25, -0.2) is 9.78 Å². The number of carboxylic acid groups (broad SMARTS) is 1. The van der Waals surface area contributed by atoms with Gasteiger partial charge in [0.15, 0.2) is 0 Å². The highest BCUT2D eigenvalue weighted by Gasteiger charge is 2.35. The number of aromatic nitrogens is 1. The SMILES string of the molecule is C=C(C(=O)O)c1cnc(Cl)cc1C(F)(F)F. The summed E-state index contributed by atoms with van der Waals surface area (Å²) in [5.74, 6) is -1.55. The molecule has 1 aromatic rings. The lowest BCUT2D eigenvalue weighted by Crippen LogP contribution is -2.11. The third-order valence-electron chi connectivity index (χ3n) is 1.76. The van der Waals surface area contributed by atoms with Crippen molar-refractivity contribution in [1.29, 1.82) is 0 Å². The van der Waals surface area contributed by atoms with Gasteiger partial charge in [0.1, 0.15) is 5.15 Å². The molecule has 0 unspecified atom stereocenters. The number of carbonyl (C=O) groups is 1. The van der Waals surface area contributed by atoms with Crippen LogP contribution in [-0.4, -0.2) is 16.1 Å². The summed E-state index contributed by atoms with van der Waals surface area (Å²) in [5, 5.41) is 8.20. The summed E-state index contributed by atoms with van der Waals surface area (Å²) in [6, 6.07) is 0.561. The molecule has 0 radical (unpaired) electrons. The lowest BCUT2D eigenvalue weighted by Gasteiger charge is -2.12. The number of alkyl halides is 3. The third kappa shape index (κ3) is 2.52. The number of hydrogen-bond donors (Lipinski definition) is 1. The zero-order valence-electron chi connectivity index (χ0n) is 7.68. The number of carboxylic acids is 1. The Hall–Kier alpha value is -1.56. The Bertz CT molecular complexity index is 457. The highest BCUT2D eigenvalue weighted by Crippen LogP contribution is 2.35. The maximum Gasteiger partial charge on any atom is 0.417 e. The molecule has 1 heterocycles. The number of halogens is 4. The van der Waals surface area contributed by atoms with Crippen molar-refractivity contribution in [1.82, 2.24) is 4.98 Å². The minimum Gasteiger partial charge on any atom is -0.478 e. The van der Waals surface area contributed by atoms with E-state index in [1.165, 1.54) is 0 Å². The van der Waals surface area contributed by atoms with Gasteiger partial charge in [0, 0.05) is 11.8 Å². The summed E-state index contributed by atoms with van der Waals surface area (Å²) >= 11 is 5.32. The molecule has 1 N–H and O–H groups in total. The summed E-state index contributed by atoms with van der Waals surface area (Å²) in [7, 11) is 0. The van der Waals surface area contributed by atoms with E-state index in [1.54, 1.807) is 0 Å². The van der Waals surface area contributed by atoms with Crippen molar-refractivity contribution >= 4 is 23.1 Å². The van der Waals surface area contributed by atoms with E-state index in [2.05, 4.69) is 11.6 Å². The van der Waals surface area contributed by atoms with Gasteiger partial charge < -0.3 is 5.11 Å². The topological polar surface area (TPSA) is 50.2 Å². The zero-order valence-corrected chi connectivity index (χ0v) is 8.43. The van der Waals surface area contributed by atoms with Crippen molar-refractivity contribution < 1.29 is 23.1 Å². The second-order valence-electron chi connectivity index (χ2n) is 2.83. The Morgan fingerprint density at radius 1 is 1.50 bits per heavy atom. The average molecular weight is 252 g/mol. The smallest absolute Gasteiger partial charge is 0.417 e. The predicted octanol–water partition coefficient (Wildman–Crippen LogP) is 2.85. The van der Waals surface area contributed by atoms with Crippen LogP contribution in [0.15, 0.2) is 18.8 Å². The lowest BCUT2D eigenvalue weighted by molar-refractivity contribution is -0.137. The van der Waals surface area contributed by atoms with E-state index >= 15 is 0 Å². The molecule has 0 saturated carbocycles. The molecule has 0 amide bonds. The van der Waals surface area contributed by atoms with Crippen LogP contribution < -0.4 is 0 Å². The molecular weight excluding hydrogens is 247 g/mol. The summed E-state index contributed by atoms with van der Waals surface area (Å²) < 4.78 is 37.6. The van der Waals surface area contributed by atoms with Crippen LogP contribution in [0.5, 0.6) is 0 Å². The number of rotatable bonds is 2. The fraction of sp³-hybridized carbons (Fsp3) is 0.111. The van der Waals surface area contributed by atoms with Crippen molar-refractivity contribution in [2.75, 3.05) is 0 Å². The Balaban J connectivity index is 3.40. The van der Waals surface area contributed by atoms with E-state index in [0.717, 1.165) is 6.20 Å². The van der Waals surface area contributed by atoms with Gasteiger partial charge >= 0.3 is 12.1 Å². The first-order valence-corrected chi connectivity index (χ1v) is 4.26. The Morgan fingerprint density at radius 3 is 2.50 bits per heavy atom. The number of nitrogens with zero attached hydrogens (tertiary/aromatic N) is 1. The van der Waals surface area contributed by atoms with Gasteiger partial charge in [0.25, 0.3) is 0 Å². The highest BCUT2D eigenvalue weighted by molar-refractivity contribution is 6.29. The predicted molar refractivity (Wildman–Crippen MR) is 50.9 cm³/mol. The van der Waals surface area contributed by atoms with Gasteiger partial charge in [0.05, 0.1) is 11.1 Å². The van der Waals surface area contributed by atoms with Gasteiger partial charge in [-0.2, -0.15) is 13.2 Å². The molecule has 86 valence electrons. The van der Waals surface area contributed by atoms with Crippen molar-refractivity contribution in [3.05, 3.63) is 35.1 Å². The average Bonchev–Trinajstić information content (AvgIpc) is 2.15. The molecule has 1 aromatic heterocycles.